The molecule has 36 heavy (non-hydrogen) atoms. The molecule has 1 aromatic heterocycles. The summed E-state index contributed by atoms with van der Waals surface area (Å²) >= 11 is 0. The normalized spacial score (nSPS) is 20.7. The van der Waals surface area contributed by atoms with Crippen LogP contribution in [0, 0.1) is 24.4 Å². The van der Waals surface area contributed by atoms with E-state index in [-0.39, 0.29) is 11.3 Å². The minimum Gasteiger partial charge on any atom is -0.495 e. The van der Waals surface area contributed by atoms with Crippen molar-refractivity contribution in [1.29, 1.82) is 0 Å². The fraction of sp³-hybridized carbons (Fsp3) is 0.259. The molecule has 5 rings (SSSR count). The van der Waals surface area contributed by atoms with Crippen molar-refractivity contribution >= 4 is 12.0 Å². The van der Waals surface area contributed by atoms with E-state index in [9.17, 15) is 18.0 Å². The third-order valence-electron chi connectivity index (χ3n) is 6.42. The first-order valence-electron chi connectivity index (χ1n) is 11.5. The third-order valence-corrected chi connectivity index (χ3v) is 6.42. The van der Waals surface area contributed by atoms with Crippen molar-refractivity contribution in [3.8, 4) is 11.4 Å². The maximum atomic E-state index is 14.0. The first-order valence-corrected chi connectivity index (χ1v) is 11.5. The lowest BCUT2D eigenvalue weighted by Gasteiger charge is -2.43. The van der Waals surface area contributed by atoms with Gasteiger partial charge in [0.1, 0.15) is 11.9 Å². The predicted octanol–water partition coefficient (Wildman–Crippen LogP) is 5.61. The van der Waals surface area contributed by atoms with Crippen LogP contribution in [0.25, 0.3) is 11.8 Å². The Balaban J connectivity index is 1.51. The number of rotatable bonds is 4. The number of methoxy groups -OCH3 is 1. The largest absolute Gasteiger partial charge is 0.495 e. The molecule has 9 heteroatoms. The number of aryl methyl sites for hydroxylation is 1. The molecule has 0 saturated carbocycles. The summed E-state index contributed by atoms with van der Waals surface area (Å²) in [5.74, 6) is -3.88. The molecule has 1 amide bonds. The number of hydrogen-bond acceptors (Lipinski definition) is 4. The molecular formula is C27H24F3N3O3. The number of halogens is 3. The molecule has 0 bridgehead atoms. The molecule has 2 atom stereocenters. The van der Waals surface area contributed by atoms with Gasteiger partial charge in [0.25, 0.3) is 5.91 Å². The Hall–Kier alpha value is -4.01. The lowest BCUT2D eigenvalue weighted by atomic mass is 9.93. The summed E-state index contributed by atoms with van der Waals surface area (Å²) in [5, 5.41) is 0. The number of hydrogen-bond donors (Lipinski definition) is 0. The fourth-order valence-corrected chi connectivity index (χ4v) is 4.72. The van der Waals surface area contributed by atoms with E-state index in [0.717, 1.165) is 23.5 Å². The zero-order chi connectivity index (χ0) is 25.6. The minimum atomic E-state index is -1.53. The van der Waals surface area contributed by atoms with Gasteiger partial charge in [0, 0.05) is 6.20 Å². The number of carbonyl (C=O) groups is 1. The van der Waals surface area contributed by atoms with E-state index >= 15 is 0 Å². The van der Waals surface area contributed by atoms with Gasteiger partial charge in [0.15, 0.2) is 23.2 Å². The van der Waals surface area contributed by atoms with Crippen LogP contribution in [0.2, 0.25) is 0 Å². The summed E-state index contributed by atoms with van der Waals surface area (Å²) in [6, 6.07) is 6.70. The molecule has 1 saturated heterocycles. The molecule has 2 aromatic carbocycles. The van der Waals surface area contributed by atoms with Gasteiger partial charge < -0.3 is 14.0 Å². The monoisotopic (exact) mass is 495 g/mol. The van der Waals surface area contributed by atoms with E-state index < -0.39 is 35.5 Å². The summed E-state index contributed by atoms with van der Waals surface area (Å²) in [6.07, 6.45) is 7.61. The van der Waals surface area contributed by atoms with Crippen LogP contribution in [0.4, 0.5) is 13.2 Å². The van der Waals surface area contributed by atoms with Gasteiger partial charge in [0.2, 0.25) is 0 Å². The standard InChI is InChI=1S/C27H24F3N3O3/c1-15-13-32(14-31-15)23-8-7-17(9-24(23)35-3)10-25-27(34)33-21(16(2)36-25)5-4-6-22(33)18-11-19(28)26(30)20(29)12-18/h5,7-14,16,22H,4,6H2,1-3H3/t16-,22+/m1/s1. The van der Waals surface area contributed by atoms with Gasteiger partial charge in [0.05, 0.1) is 36.6 Å². The summed E-state index contributed by atoms with van der Waals surface area (Å²) in [6.45, 7) is 3.69. The van der Waals surface area contributed by atoms with Crippen molar-refractivity contribution in [1.82, 2.24) is 14.5 Å². The third kappa shape index (κ3) is 4.14. The van der Waals surface area contributed by atoms with Crippen LogP contribution in [0.5, 0.6) is 5.75 Å². The quantitative estimate of drug-likeness (QED) is 0.349. The topological polar surface area (TPSA) is 56.6 Å². The summed E-state index contributed by atoms with van der Waals surface area (Å²) < 4.78 is 54.9. The molecule has 2 aliphatic heterocycles. The summed E-state index contributed by atoms with van der Waals surface area (Å²) in [4.78, 5) is 19.3. The number of aromatic nitrogens is 2. The van der Waals surface area contributed by atoms with Crippen LogP contribution in [0.3, 0.4) is 0 Å². The second-order valence-electron chi connectivity index (χ2n) is 8.82. The van der Waals surface area contributed by atoms with E-state index in [0.29, 0.717) is 29.9 Å². The first-order chi connectivity index (χ1) is 17.3. The van der Waals surface area contributed by atoms with Gasteiger partial charge in [-0.25, -0.2) is 18.2 Å². The Kier molecular flexibility index (Phi) is 6.07. The molecule has 2 aliphatic rings. The number of allylic oxidation sites excluding steroid dienone is 1. The second kappa shape index (κ2) is 9.22. The maximum Gasteiger partial charge on any atom is 0.293 e. The lowest BCUT2D eigenvalue weighted by molar-refractivity contribution is -0.137. The highest BCUT2D eigenvalue weighted by Crippen LogP contribution is 2.41. The molecule has 0 radical (unpaired) electrons. The van der Waals surface area contributed by atoms with Crippen molar-refractivity contribution in [2.24, 2.45) is 0 Å². The van der Waals surface area contributed by atoms with Crippen LogP contribution in [0.15, 0.2) is 60.4 Å². The zero-order valence-electron chi connectivity index (χ0n) is 20.0. The SMILES string of the molecule is COc1cc(C=C2O[C@H](C)C3=CCC[C@@H](c4cc(F)c(F)c(F)c4)N3C2=O)ccc1-n1cnc(C)c1. The number of ether oxygens (including phenoxy) is 2. The molecule has 3 heterocycles. The average molecular weight is 496 g/mol. The molecule has 0 spiro atoms. The number of amides is 1. The van der Waals surface area contributed by atoms with Crippen LogP contribution in [-0.2, 0) is 9.53 Å². The van der Waals surface area contributed by atoms with E-state index in [1.54, 1.807) is 32.5 Å². The number of benzene rings is 2. The summed E-state index contributed by atoms with van der Waals surface area (Å²) in [5.41, 5.74) is 3.12. The second-order valence-corrected chi connectivity index (χ2v) is 8.82. The zero-order valence-corrected chi connectivity index (χ0v) is 20.0. The number of nitrogens with zero attached hydrogens (tertiary/aromatic N) is 3. The number of carbonyl (C=O) groups excluding carboxylic acids is 1. The van der Waals surface area contributed by atoms with Gasteiger partial charge in [-0.1, -0.05) is 12.1 Å². The Morgan fingerprint density at radius 3 is 2.58 bits per heavy atom. The van der Waals surface area contributed by atoms with E-state index in [1.807, 2.05) is 35.9 Å². The first kappa shape index (κ1) is 23.7. The number of imidazole rings is 1. The Morgan fingerprint density at radius 2 is 1.92 bits per heavy atom. The Bertz CT molecular complexity index is 1390. The molecule has 0 aliphatic carbocycles. The van der Waals surface area contributed by atoms with Gasteiger partial charge in [-0.3, -0.25) is 9.69 Å². The average Bonchev–Trinajstić information content (AvgIpc) is 3.30. The van der Waals surface area contributed by atoms with Gasteiger partial charge >= 0.3 is 0 Å². The predicted molar refractivity (Wildman–Crippen MR) is 127 cm³/mol. The lowest BCUT2D eigenvalue weighted by Crippen LogP contribution is -2.45. The highest BCUT2D eigenvalue weighted by atomic mass is 19.2. The van der Waals surface area contributed by atoms with Crippen LogP contribution in [-0.4, -0.2) is 33.6 Å². The number of fused-ring (bicyclic) bond motifs is 1. The number of morpholine rings is 1. The van der Waals surface area contributed by atoms with Crippen molar-refractivity contribution in [3.05, 3.63) is 94.7 Å². The van der Waals surface area contributed by atoms with Gasteiger partial charge in [-0.2, -0.15) is 0 Å². The van der Waals surface area contributed by atoms with Crippen molar-refractivity contribution in [2.75, 3.05) is 7.11 Å². The van der Waals surface area contributed by atoms with Crippen molar-refractivity contribution < 1.29 is 27.4 Å². The Morgan fingerprint density at radius 1 is 1.17 bits per heavy atom. The van der Waals surface area contributed by atoms with E-state index in [4.69, 9.17) is 9.47 Å². The highest BCUT2D eigenvalue weighted by Gasteiger charge is 2.40. The van der Waals surface area contributed by atoms with E-state index in [1.165, 1.54) is 4.90 Å². The van der Waals surface area contributed by atoms with Crippen LogP contribution >= 0.6 is 0 Å². The molecule has 3 aromatic rings. The highest BCUT2D eigenvalue weighted by molar-refractivity contribution is 5.98. The smallest absolute Gasteiger partial charge is 0.293 e. The van der Waals surface area contributed by atoms with Crippen molar-refractivity contribution in [3.63, 3.8) is 0 Å². The molecule has 0 N–H and O–H groups in total. The molecular weight excluding hydrogens is 471 g/mol. The Labute approximate surface area is 206 Å². The molecule has 1 fully saturated rings. The summed E-state index contributed by atoms with van der Waals surface area (Å²) in [7, 11) is 1.56. The molecule has 0 unspecified atom stereocenters. The molecule has 186 valence electrons. The minimum absolute atomic E-state index is 0.0860. The van der Waals surface area contributed by atoms with E-state index in [2.05, 4.69) is 4.98 Å². The van der Waals surface area contributed by atoms with Crippen LogP contribution in [0.1, 0.15) is 42.6 Å². The fourth-order valence-electron chi connectivity index (χ4n) is 4.72. The molecule has 6 nitrogen and oxygen atoms in total. The van der Waals surface area contributed by atoms with Gasteiger partial charge in [-0.05, 0) is 68.2 Å². The van der Waals surface area contributed by atoms with Crippen molar-refractivity contribution in [2.45, 2.75) is 38.8 Å². The maximum absolute atomic E-state index is 14.0. The van der Waals surface area contributed by atoms with Gasteiger partial charge in [-0.15, -0.1) is 0 Å². The van der Waals surface area contributed by atoms with Crippen LogP contribution < -0.4 is 4.74 Å².